The highest BCUT2D eigenvalue weighted by Crippen LogP contribution is 2.26. The van der Waals surface area contributed by atoms with Crippen LogP contribution in [0.25, 0.3) is 5.69 Å². The lowest BCUT2D eigenvalue weighted by molar-refractivity contribution is 0.853. The molecule has 4 nitrogen and oxygen atoms in total. The van der Waals surface area contributed by atoms with Crippen molar-refractivity contribution in [3.05, 3.63) is 75.0 Å². The van der Waals surface area contributed by atoms with Gasteiger partial charge in [0.2, 0.25) is 0 Å². The van der Waals surface area contributed by atoms with Gasteiger partial charge in [-0.05, 0) is 30.3 Å². The highest BCUT2D eigenvalue weighted by atomic mass is 35.5. The third kappa shape index (κ3) is 2.96. The maximum absolute atomic E-state index is 12.0. The summed E-state index contributed by atoms with van der Waals surface area (Å²) in [5.41, 5.74) is 1.36. The van der Waals surface area contributed by atoms with Gasteiger partial charge in [0.1, 0.15) is 5.82 Å². The first-order valence-electron chi connectivity index (χ1n) is 6.23. The number of rotatable bonds is 3. The van der Waals surface area contributed by atoms with Gasteiger partial charge in [-0.2, -0.15) is 0 Å². The molecular formula is C15H11Cl2N3O. The van der Waals surface area contributed by atoms with Crippen LogP contribution in [0.1, 0.15) is 0 Å². The van der Waals surface area contributed by atoms with E-state index in [1.54, 1.807) is 18.2 Å². The molecule has 2 N–H and O–H groups in total. The second-order valence-corrected chi connectivity index (χ2v) is 5.25. The summed E-state index contributed by atoms with van der Waals surface area (Å²) in [6, 6.07) is 16.0. The minimum atomic E-state index is -0.149. The van der Waals surface area contributed by atoms with Crippen molar-refractivity contribution < 1.29 is 0 Å². The van der Waals surface area contributed by atoms with E-state index in [2.05, 4.69) is 10.4 Å². The summed E-state index contributed by atoms with van der Waals surface area (Å²) < 4.78 is 1.46. The fourth-order valence-corrected chi connectivity index (χ4v) is 2.26. The first kappa shape index (κ1) is 13.8. The topological polar surface area (TPSA) is 49.8 Å². The van der Waals surface area contributed by atoms with Crippen LogP contribution in [0.5, 0.6) is 0 Å². The quantitative estimate of drug-likeness (QED) is 0.759. The Hall–Kier alpha value is -2.17. The van der Waals surface area contributed by atoms with E-state index in [-0.39, 0.29) is 5.56 Å². The van der Waals surface area contributed by atoms with E-state index >= 15 is 0 Å². The lowest BCUT2D eigenvalue weighted by Gasteiger charge is -2.05. The summed E-state index contributed by atoms with van der Waals surface area (Å²) in [6.45, 7) is 0. The number of H-pyrrole nitrogens is 1. The molecular weight excluding hydrogens is 309 g/mol. The predicted molar refractivity (Wildman–Crippen MR) is 86.1 cm³/mol. The number of nitrogens with one attached hydrogen (secondary N) is 2. The fraction of sp³-hybridized carbons (Fsp3) is 0. The number of halogens is 2. The lowest BCUT2D eigenvalue weighted by atomic mass is 10.3. The Kier molecular flexibility index (Phi) is 3.73. The van der Waals surface area contributed by atoms with Crippen LogP contribution >= 0.6 is 23.2 Å². The molecule has 1 aromatic heterocycles. The van der Waals surface area contributed by atoms with E-state index < -0.39 is 0 Å². The van der Waals surface area contributed by atoms with Gasteiger partial charge in [-0.3, -0.25) is 9.89 Å². The highest BCUT2D eigenvalue weighted by molar-refractivity contribution is 6.42. The Morgan fingerprint density at radius 1 is 0.952 bits per heavy atom. The predicted octanol–water partition coefficient (Wildman–Crippen LogP) is 4.22. The molecule has 0 fully saturated rings. The molecule has 0 saturated carbocycles. The molecule has 106 valence electrons. The number of hydrogen-bond acceptors (Lipinski definition) is 2. The lowest BCUT2D eigenvalue weighted by Crippen LogP contribution is -2.12. The number of hydrogen-bond donors (Lipinski definition) is 2. The average Bonchev–Trinajstić information content (AvgIpc) is 2.84. The smallest absolute Gasteiger partial charge is 0.273 e. The van der Waals surface area contributed by atoms with Crippen LogP contribution in [0.3, 0.4) is 0 Å². The molecule has 0 atom stereocenters. The van der Waals surface area contributed by atoms with Crippen LogP contribution in [0, 0.1) is 0 Å². The Morgan fingerprint density at radius 2 is 1.71 bits per heavy atom. The van der Waals surface area contributed by atoms with Gasteiger partial charge < -0.3 is 5.32 Å². The van der Waals surface area contributed by atoms with Crippen molar-refractivity contribution in [2.75, 3.05) is 5.32 Å². The van der Waals surface area contributed by atoms with Crippen LogP contribution in [0.15, 0.2) is 59.4 Å². The van der Waals surface area contributed by atoms with Crippen LogP contribution in [-0.4, -0.2) is 9.78 Å². The molecule has 0 amide bonds. The fourth-order valence-electron chi connectivity index (χ4n) is 1.96. The van der Waals surface area contributed by atoms with Crippen LogP contribution in [0.2, 0.25) is 10.0 Å². The zero-order valence-electron chi connectivity index (χ0n) is 10.8. The van der Waals surface area contributed by atoms with Gasteiger partial charge in [-0.15, -0.1) is 0 Å². The number of benzene rings is 2. The molecule has 0 aliphatic heterocycles. The van der Waals surface area contributed by atoms with Gasteiger partial charge in [-0.1, -0.05) is 41.4 Å². The highest BCUT2D eigenvalue weighted by Gasteiger charge is 2.06. The Balaban J connectivity index is 1.91. The number of aromatic nitrogens is 2. The molecule has 21 heavy (non-hydrogen) atoms. The van der Waals surface area contributed by atoms with Gasteiger partial charge >= 0.3 is 0 Å². The van der Waals surface area contributed by atoms with Crippen molar-refractivity contribution in [3.8, 4) is 5.69 Å². The number of aromatic amines is 1. The maximum atomic E-state index is 12.0. The summed E-state index contributed by atoms with van der Waals surface area (Å²) in [6.07, 6.45) is 0. The van der Waals surface area contributed by atoms with Crippen LogP contribution < -0.4 is 10.9 Å². The van der Waals surface area contributed by atoms with E-state index in [0.717, 1.165) is 11.4 Å². The molecule has 1 heterocycles. The normalized spacial score (nSPS) is 10.6. The van der Waals surface area contributed by atoms with Gasteiger partial charge in [0.25, 0.3) is 5.56 Å². The van der Waals surface area contributed by atoms with Crippen molar-refractivity contribution in [1.29, 1.82) is 0 Å². The van der Waals surface area contributed by atoms with Crippen molar-refractivity contribution >= 4 is 34.7 Å². The van der Waals surface area contributed by atoms with E-state index in [4.69, 9.17) is 23.2 Å². The monoisotopic (exact) mass is 319 g/mol. The number of nitrogens with zero attached hydrogens (tertiary/aromatic N) is 1. The van der Waals surface area contributed by atoms with E-state index in [9.17, 15) is 4.79 Å². The van der Waals surface area contributed by atoms with Gasteiger partial charge in [-0.25, -0.2) is 4.68 Å². The molecule has 0 bridgehead atoms. The Bertz CT molecular complexity index is 824. The minimum Gasteiger partial charge on any atom is -0.340 e. The summed E-state index contributed by atoms with van der Waals surface area (Å²) in [7, 11) is 0. The largest absolute Gasteiger partial charge is 0.340 e. The first-order chi connectivity index (χ1) is 10.1. The van der Waals surface area contributed by atoms with Crippen LogP contribution in [-0.2, 0) is 0 Å². The van der Waals surface area contributed by atoms with Crippen LogP contribution in [0.4, 0.5) is 11.5 Å². The summed E-state index contributed by atoms with van der Waals surface area (Å²) in [5, 5.41) is 7.02. The molecule has 3 aromatic rings. The number of para-hydroxylation sites is 1. The summed E-state index contributed by atoms with van der Waals surface area (Å²) in [4.78, 5) is 12.0. The van der Waals surface area contributed by atoms with Gasteiger partial charge in [0.05, 0.1) is 15.7 Å². The SMILES string of the molecule is O=c1cc(Nc2ccc(Cl)c(Cl)c2)[nH]n1-c1ccccc1. The molecule has 0 aliphatic carbocycles. The van der Waals surface area contributed by atoms with Crippen molar-refractivity contribution in [2.45, 2.75) is 0 Å². The third-order valence-corrected chi connectivity index (χ3v) is 3.67. The molecule has 0 radical (unpaired) electrons. The first-order valence-corrected chi connectivity index (χ1v) is 6.98. The van der Waals surface area contributed by atoms with Crippen molar-refractivity contribution in [1.82, 2.24) is 9.78 Å². The van der Waals surface area contributed by atoms with Gasteiger partial charge in [0, 0.05) is 11.8 Å². The van der Waals surface area contributed by atoms with Crippen molar-refractivity contribution in [2.24, 2.45) is 0 Å². The van der Waals surface area contributed by atoms with Crippen molar-refractivity contribution in [3.63, 3.8) is 0 Å². The average molecular weight is 320 g/mol. The molecule has 3 rings (SSSR count). The van der Waals surface area contributed by atoms with E-state index in [1.165, 1.54) is 10.7 Å². The maximum Gasteiger partial charge on any atom is 0.273 e. The molecule has 6 heteroatoms. The molecule has 0 unspecified atom stereocenters. The van der Waals surface area contributed by atoms with E-state index in [1.807, 2.05) is 30.3 Å². The van der Waals surface area contributed by atoms with Gasteiger partial charge in [0.15, 0.2) is 0 Å². The Morgan fingerprint density at radius 3 is 2.43 bits per heavy atom. The molecule has 0 aliphatic rings. The Labute approximate surface area is 130 Å². The molecule has 0 spiro atoms. The summed E-state index contributed by atoms with van der Waals surface area (Å²) >= 11 is 11.8. The zero-order valence-corrected chi connectivity index (χ0v) is 12.3. The van der Waals surface area contributed by atoms with E-state index in [0.29, 0.717) is 15.9 Å². The zero-order chi connectivity index (χ0) is 14.8. The molecule has 2 aromatic carbocycles. The second-order valence-electron chi connectivity index (χ2n) is 4.43. The summed E-state index contributed by atoms with van der Waals surface area (Å²) in [5.74, 6) is 0.572. The number of anilines is 2. The minimum absolute atomic E-state index is 0.149. The second kappa shape index (κ2) is 5.68. The third-order valence-electron chi connectivity index (χ3n) is 2.93. The standard InChI is InChI=1S/C15H11Cl2N3O/c16-12-7-6-10(8-13(12)17)18-14-9-15(21)20(19-14)11-4-2-1-3-5-11/h1-9,18-19H. The molecule has 0 saturated heterocycles.